The zero-order chi connectivity index (χ0) is 15.6. The average Bonchev–Trinajstić information content (AvgIpc) is 2.91. The van der Waals surface area contributed by atoms with Crippen LogP contribution < -0.4 is 5.73 Å². The molecule has 0 spiro atoms. The van der Waals surface area contributed by atoms with Gasteiger partial charge in [0, 0.05) is 25.2 Å². The first-order valence-electron chi connectivity index (χ1n) is 6.99. The minimum Gasteiger partial charge on any atom is -0.461 e. The number of carbonyl (C=O) groups is 1. The van der Waals surface area contributed by atoms with Crippen molar-refractivity contribution in [3.63, 3.8) is 0 Å². The number of hydrogen-bond acceptors (Lipinski definition) is 5. The van der Waals surface area contributed by atoms with Gasteiger partial charge in [0.2, 0.25) is 0 Å². The Morgan fingerprint density at radius 2 is 2.14 bits per heavy atom. The Labute approximate surface area is 123 Å². The number of nitrogens with two attached hydrogens (primary N) is 1. The van der Waals surface area contributed by atoms with E-state index in [4.69, 9.17) is 10.5 Å². The van der Waals surface area contributed by atoms with E-state index in [1.54, 1.807) is 11.6 Å². The first-order chi connectivity index (χ1) is 9.97. The third-order valence-electron chi connectivity index (χ3n) is 3.31. The topological polar surface area (TPSA) is 88.0 Å². The Kier molecular flexibility index (Phi) is 4.30. The second-order valence-electron chi connectivity index (χ2n) is 4.84. The summed E-state index contributed by atoms with van der Waals surface area (Å²) in [5, 5.41) is 4.31. The Balaban J connectivity index is 2.38. The molecule has 7 heteroatoms. The summed E-state index contributed by atoms with van der Waals surface area (Å²) in [7, 11) is 1.87. The standard InChI is InChI=1S/C14H21N5O2/c1-5-11-16-12(14(20)21-6-2)13(15)19(11)8-10-7-18(4)17-9(10)3/h7H,5-6,8,15H2,1-4H3. The Morgan fingerprint density at radius 3 is 2.67 bits per heavy atom. The van der Waals surface area contributed by atoms with Crippen LogP contribution in [0.5, 0.6) is 0 Å². The van der Waals surface area contributed by atoms with Crippen LogP contribution >= 0.6 is 0 Å². The van der Waals surface area contributed by atoms with Crippen LogP contribution in [0.4, 0.5) is 5.82 Å². The molecule has 7 nitrogen and oxygen atoms in total. The summed E-state index contributed by atoms with van der Waals surface area (Å²) in [5.41, 5.74) is 8.26. The maximum Gasteiger partial charge on any atom is 0.360 e. The fourth-order valence-electron chi connectivity index (χ4n) is 2.28. The summed E-state index contributed by atoms with van der Waals surface area (Å²) < 4.78 is 8.59. The quantitative estimate of drug-likeness (QED) is 0.839. The molecule has 0 aliphatic rings. The van der Waals surface area contributed by atoms with Crippen molar-refractivity contribution in [3.05, 3.63) is 29.0 Å². The molecule has 0 saturated heterocycles. The molecule has 0 bridgehead atoms. The normalized spacial score (nSPS) is 10.9. The van der Waals surface area contributed by atoms with Crippen molar-refractivity contribution in [1.82, 2.24) is 19.3 Å². The molecule has 2 aromatic heterocycles. The minimum absolute atomic E-state index is 0.190. The molecule has 2 heterocycles. The first kappa shape index (κ1) is 15.1. The molecular weight excluding hydrogens is 270 g/mol. The number of ether oxygens (including phenoxy) is 1. The lowest BCUT2D eigenvalue weighted by Crippen LogP contribution is -2.11. The number of rotatable bonds is 5. The van der Waals surface area contributed by atoms with E-state index in [0.29, 0.717) is 25.4 Å². The average molecular weight is 291 g/mol. The van der Waals surface area contributed by atoms with Crippen LogP contribution in [0.3, 0.4) is 0 Å². The largest absolute Gasteiger partial charge is 0.461 e. The second kappa shape index (κ2) is 5.99. The zero-order valence-electron chi connectivity index (χ0n) is 12.9. The molecule has 0 unspecified atom stereocenters. The molecule has 0 aliphatic carbocycles. The van der Waals surface area contributed by atoms with E-state index in [-0.39, 0.29) is 5.69 Å². The Bertz CT molecular complexity index is 657. The van der Waals surface area contributed by atoms with Gasteiger partial charge in [0.05, 0.1) is 18.8 Å². The molecule has 0 aliphatic heterocycles. The first-order valence-corrected chi connectivity index (χ1v) is 6.99. The van der Waals surface area contributed by atoms with E-state index < -0.39 is 5.97 Å². The molecule has 0 amide bonds. The van der Waals surface area contributed by atoms with E-state index in [2.05, 4.69) is 10.1 Å². The van der Waals surface area contributed by atoms with Gasteiger partial charge < -0.3 is 15.0 Å². The van der Waals surface area contributed by atoms with Gasteiger partial charge in [0.25, 0.3) is 0 Å². The molecule has 0 radical (unpaired) electrons. The number of nitrogens with zero attached hydrogens (tertiary/aromatic N) is 4. The van der Waals surface area contributed by atoms with E-state index in [1.165, 1.54) is 0 Å². The van der Waals surface area contributed by atoms with Crippen LogP contribution in [0.25, 0.3) is 0 Å². The van der Waals surface area contributed by atoms with Gasteiger partial charge in [-0.3, -0.25) is 4.68 Å². The van der Waals surface area contributed by atoms with Crippen molar-refractivity contribution in [2.24, 2.45) is 7.05 Å². The number of hydrogen-bond donors (Lipinski definition) is 1. The van der Waals surface area contributed by atoms with E-state index >= 15 is 0 Å². The monoisotopic (exact) mass is 291 g/mol. The SMILES string of the molecule is CCOC(=O)c1nc(CC)n(Cc2cn(C)nc2C)c1N. The smallest absolute Gasteiger partial charge is 0.360 e. The number of carbonyl (C=O) groups excluding carboxylic acids is 1. The molecule has 2 N–H and O–H groups in total. The van der Waals surface area contributed by atoms with Gasteiger partial charge in [-0.1, -0.05) is 6.92 Å². The molecule has 2 rings (SSSR count). The fraction of sp³-hybridized carbons (Fsp3) is 0.500. The Hall–Kier alpha value is -2.31. The summed E-state index contributed by atoms with van der Waals surface area (Å²) in [5.74, 6) is 0.624. The third kappa shape index (κ3) is 2.91. The van der Waals surface area contributed by atoms with Crippen LogP contribution in [0.1, 0.15) is 41.4 Å². The summed E-state index contributed by atoms with van der Waals surface area (Å²) in [6.45, 7) is 6.52. The minimum atomic E-state index is -0.480. The van der Waals surface area contributed by atoms with Crippen molar-refractivity contribution >= 4 is 11.8 Å². The molecule has 0 atom stereocenters. The molecule has 114 valence electrons. The summed E-state index contributed by atoms with van der Waals surface area (Å²) in [4.78, 5) is 16.2. The van der Waals surface area contributed by atoms with Crippen molar-refractivity contribution in [2.45, 2.75) is 33.7 Å². The maximum atomic E-state index is 11.9. The van der Waals surface area contributed by atoms with Crippen molar-refractivity contribution < 1.29 is 9.53 Å². The van der Waals surface area contributed by atoms with Gasteiger partial charge in [-0.05, 0) is 13.8 Å². The van der Waals surface area contributed by atoms with Crippen LogP contribution in [0.2, 0.25) is 0 Å². The van der Waals surface area contributed by atoms with Gasteiger partial charge in [0.1, 0.15) is 11.6 Å². The van der Waals surface area contributed by atoms with Crippen LogP contribution in [0, 0.1) is 6.92 Å². The van der Waals surface area contributed by atoms with Crippen molar-refractivity contribution in [3.8, 4) is 0 Å². The zero-order valence-corrected chi connectivity index (χ0v) is 12.9. The lowest BCUT2D eigenvalue weighted by Gasteiger charge is -2.08. The van der Waals surface area contributed by atoms with Gasteiger partial charge in [-0.15, -0.1) is 0 Å². The van der Waals surface area contributed by atoms with Gasteiger partial charge in [-0.25, -0.2) is 9.78 Å². The number of anilines is 1. The number of aryl methyl sites for hydroxylation is 3. The highest BCUT2D eigenvalue weighted by Gasteiger charge is 2.21. The van der Waals surface area contributed by atoms with Crippen LogP contribution in [0.15, 0.2) is 6.20 Å². The second-order valence-corrected chi connectivity index (χ2v) is 4.84. The molecule has 21 heavy (non-hydrogen) atoms. The summed E-state index contributed by atoms with van der Waals surface area (Å²) >= 11 is 0. The molecule has 0 aromatic carbocycles. The number of imidazole rings is 1. The van der Waals surface area contributed by atoms with Crippen LogP contribution in [-0.4, -0.2) is 31.9 Å². The highest BCUT2D eigenvalue weighted by Crippen LogP contribution is 2.19. The number of nitrogen functional groups attached to an aromatic ring is 1. The fourth-order valence-corrected chi connectivity index (χ4v) is 2.28. The number of aromatic nitrogens is 4. The highest BCUT2D eigenvalue weighted by atomic mass is 16.5. The molecule has 0 saturated carbocycles. The molecule has 0 fully saturated rings. The van der Waals surface area contributed by atoms with E-state index in [1.807, 2.05) is 31.7 Å². The predicted octanol–water partition coefficient (Wildman–Crippen LogP) is 1.29. The summed E-state index contributed by atoms with van der Waals surface area (Å²) in [6, 6.07) is 0. The lowest BCUT2D eigenvalue weighted by atomic mass is 10.2. The van der Waals surface area contributed by atoms with Gasteiger partial charge in [-0.2, -0.15) is 5.10 Å². The third-order valence-corrected chi connectivity index (χ3v) is 3.31. The highest BCUT2D eigenvalue weighted by molar-refractivity contribution is 5.92. The number of esters is 1. The summed E-state index contributed by atoms with van der Waals surface area (Å²) in [6.07, 6.45) is 2.63. The van der Waals surface area contributed by atoms with Crippen LogP contribution in [-0.2, 0) is 24.8 Å². The molecular formula is C14H21N5O2. The van der Waals surface area contributed by atoms with Crippen molar-refractivity contribution in [1.29, 1.82) is 0 Å². The van der Waals surface area contributed by atoms with Gasteiger partial charge in [0.15, 0.2) is 5.69 Å². The van der Waals surface area contributed by atoms with E-state index in [9.17, 15) is 4.79 Å². The molecule has 2 aromatic rings. The van der Waals surface area contributed by atoms with Gasteiger partial charge >= 0.3 is 5.97 Å². The van der Waals surface area contributed by atoms with Crippen molar-refractivity contribution in [2.75, 3.05) is 12.3 Å². The Morgan fingerprint density at radius 1 is 1.43 bits per heavy atom. The van der Waals surface area contributed by atoms with E-state index in [0.717, 1.165) is 17.1 Å². The maximum absolute atomic E-state index is 11.9. The predicted molar refractivity (Wildman–Crippen MR) is 79.0 cm³/mol. The lowest BCUT2D eigenvalue weighted by molar-refractivity contribution is 0.0521.